The molecule has 0 aromatic rings. The fourth-order valence-electron chi connectivity index (χ4n) is 2.01. The maximum atomic E-state index is 11.9. The monoisotopic (exact) mass is 210 g/mol. The minimum absolute atomic E-state index is 0.260. The van der Waals surface area contributed by atoms with Crippen molar-refractivity contribution in [3.05, 3.63) is 12.7 Å². The molecule has 0 saturated carbocycles. The molecule has 3 nitrogen and oxygen atoms in total. The molecule has 0 aromatic carbocycles. The molecule has 1 aliphatic heterocycles. The first-order valence-electron chi connectivity index (χ1n) is 5.90. The first-order chi connectivity index (χ1) is 7.27. The highest BCUT2D eigenvalue weighted by molar-refractivity contribution is 5.77. The van der Waals surface area contributed by atoms with Crippen LogP contribution in [0.2, 0.25) is 0 Å². The van der Waals surface area contributed by atoms with Gasteiger partial charge in [-0.05, 0) is 25.8 Å². The molecule has 1 N–H and O–H groups in total. The van der Waals surface area contributed by atoms with Gasteiger partial charge in [0.1, 0.15) is 0 Å². The van der Waals surface area contributed by atoms with E-state index in [0.29, 0.717) is 19.0 Å². The number of carbonyl (C=O) groups excluding carboxylic acids is 1. The molecule has 0 spiro atoms. The fraction of sp³-hybridized carbons (Fsp3) is 0.750. The molecule has 0 radical (unpaired) electrons. The molecule has 1 amide bonds. The van der Waals surface area contributed by atoms with Gasteiger partial charge in [0, 0.05) is 25.6 Å². The third-order valence-electron chi connectivity index (χ3n) is 2.78. The van der Waals surface area contributed by atoms with E-state index >= 15 is 0 Å². The summed E-state index contributed by atoms with van der Waals surface area (Å²) in [5.74, 6) is 0.260. The van der Waals surface area contributed by atoms with Crippen molar-refractivity contribution in [3.63, 3.8) is 0 Å². The molecule has 0 aliphatic carbocycles. The largest absolute Gasteiger partial charge is 0.339 e. The highest BCUT2D eigenvalue weighted by atomic mass is 16.2. The van der Waals surface area contributed by atoms with Crippen LogP contribution < -0.4 is 5.32 Å². The lowest BCUT2D eigenvalue weighted by Gasteiger charge is -2.22. The van der Waals surface area contributed by atoms with Crippen molar-refractivity contribution >= 4 is 5.91 Å². The number of carbonyl (C=O) groups is 1. The van der Waals surface area contributed by atoms with Crippen molar-refractivity contribution in [2.75, 3.05) is 19.6 Å². The minimum Gasteiger partial charge on any atom is -0.339 e. The van der Waals surface area contributed by atoms with Crippen LogP contribution in [0, 0.1) is 0 Å². The molecule has 1 saturated heterocycles. The van der Waals surface area contributed by atoms with Crippen molar-refractivity contribution in [1.29, 1.82) is 0 Å². The third-order valence-corrected chi connectivity index (χ3v) is 2.78. The van der Waals surface area contributed by atoms with Crippen molar-refractivity contribution in [1.82, 2.24) is 10.2 Å². The van der Waals surface area contributed by atoms with E-state index in [1.54, 1.807) is 6.08 Å². The van der Waals surface area contributed by atoms with Crippen LogP contribution in [0.15, 0.2) is 12.7 Å². The summed E-state index contributed by atoms with van der Waals surface area (Å²) in [5.41, 5.74) is 0. The zero-order chi connectivity index (χ0) is 11.1. The van der Waals surface area contributed by atoms with Gasteiger partial charge in [0.25, 0.3) is 0 Å². The van der Waals surface area contributed by atoms with Crippen molar-refractivity contribution < 1.29 is 4.79 Å². The highest BCUT2D eigenvalue weighted by Gasteiger charge is 2.20. The minimum atomic E-state index is 0.260. The SMILES string of the molecule is C=CCN(CCC)C(=O)CC1CCCN1. The van der Waals surface area contributed by atoms with Gasteiger partial charge in [-0.3, -0.25) is 4.79 Å². The van der Waals surface area contributed by atoms with Crippen molar-refractivity contribution in [3.8, 4) is 0 Å². The molecule has 1 fully saturated rings. The molecule has 1 rings (SSSR count). The first-order valence-corrected chi connectivity index (χ1v) is 5.90. The Balaban J connectivity index is 2.36. The Kier molecular flexibility index (Phi) is 5.40. The average Bonchev–Trinajstić information content (AvgIpc) is 2.70. The molecule has 3 heteroatoms. The molecule has 1 aliphatic rings. The molecule has 1 heterocycles. The summed E-state index contributed by atoms with van der Waals surface area (Å²) in [7, 11) is 0. The molecule has 1 atom stereocenters. The Bertz CT molecular complexity index is 210. The summed E-state index contributed by atoms with van der Waals surface area (Å²) in [4.78, 5) is 13.8. The van der Waals surface area contributed by atoms with E-state index in [0.717, 1.165) is 25.9 Å². The number of hydrogen-bond donors (Lipinski definition) is 1. The molecule has 1 unspecified atom stereocenters. The van der Waals surface area contributed by atoms with Gasteiger partial charge in [0.05, 0.1) is 0 Å². The van der Waals surface area contributed by atoms with Gasteiger partial charge in [-0.25, -0.2) is 0 Å². The third kappa shape index (κ3) is 4.04. The van der Waals surface area contributed by atoms with Crippen LogP contribution in [-0.4, -0.2) is 36.5 Å². The summed E-state index contributed by atoms with van der Waals surface area (Å²) in [6.07, 6.45) is 5.80. The van der Waals surface area contributed by atoms with E-state index in [-0.39, 0.29) is 5.91 Å². The van der Waals surface area contributed by atoms with Gasteiger partial charge in [-0.15, -0.1) is 6.58 Å². The van der Waals surface area contributed by atoms with Crippen LogP contribution in [-0.2, 0) is 4.79 Å². The normalized spacial score (nSPS) is 20.2. The van der Waals surface area contributed by atoms with Gasteiger partial charge in [-0.2, -0.15) is 0 Å². The van der Waals surface area contributed by atoms with E-state index in [2.05, 4.69) is 18.8 Å². The molecule has 0 bridgehead atoms. The summed E-state index contributed by atoms with van der Waals surface area (Å²) < 4.78 is 0. The lowest BCUT2D eigenvalue weighted by molar-refractivity contribution is -0.131. The van der Waals surface area contributed by atoms with Gasteiger partial charge in [0.2, 0.25) is 5.91 Å². The van der Waals surface area contributed by atoms with Crippen LogP contribution in [0.25, 0.3) is 0 Å². The smallest absolute Gasteiger partial charge is 0.224 e. The number of hydrogen-bond acceptors (Lipinski definition) is 2. The maximum absolute atomic E-state index is 11.9. The molecular formula is C12H22N2O. The summed E-state index contributed by atoms with van der Waals surface area (Å²) in [6, 6.07) is 0.404. The fourth-order valence-corrected chi connectivity index (χ4v) is 2.01. The van der Waals surface area contributed by atoms with Gasteiger partial charge < -0.3 is 10.2 Å². The van der Waals surface area contributed by atoms with Gasteiger partial charge >= 0.3 is 0 Å². The van der Waals surface area contributed by atoms with Crippen LogP contribution >= 0.6 is 0 Å². The van der Waals surface area contributed by atoms with E-state index in [9.17, 15) is 4.79 Å². The number of amides is 1. The number of nitrogens with one attached hydrogen (secondary N) is 1. The second-order valence-corrected chi connectivity index (χ2v) is 4.13. The second-order valence-electron chi connectivity index (χ2n) is 4.13. The number of nitrogens with zero attached hydrogens (tertiary/aromatic N) is 1. The quantitative estimate of drug-likeness (QED) is 0.675. The summed E-state index contributed by atoms with van der Waals surface area (Å²) in [5, 5.41) is 3.35. The molecular weight excluding hydrogens is 188 g/mol. The maximum Gasteiger partial charge on any atom is 0.224 e. The summed E-state index contributed by atoms with van der Waals surface area (Å²) >= 11 is 0. The standard InChI is InChI=1S/C12H22N2O/c1-3-8-14(9-4-2)12(15)10-11-6-5-7-13-11/h3,11,13H,1,4-10H2,2H3. The summed E-state index contributed by atoms with van der Waals surface area (Å²) in [6.45, 7) is 8.37. The Morgan fingerprint density at radius 3 is 3.00 bits per heavy atom. The zero-order valence-electron chi connectivity index (χ0n) is 9.67. The predicted octanol–water partition coefficient (Wildman–Crippen LogP) is 1.55. The number of rotatable bonds is 6. The van der Waals surface area contributed by atoms with E-state index in [4.69, 9.17) is 0 Å². The zero-order valence-corrected chi connectivity index (χ0v) is 9.67. The Hall–Kier alpha value is -0.830. The lowest BCUT2D eigenvalue weighted by Crippen LogP contribution is -2.36. The van der Waals surface area contributed by atoms with Gasteiger partial charge in [0.15, 0.2) is 0 Å². The lowest BCUT2D eigenvalue weighted by atomic mass is 10.1. The second kappa shape index (κ2) is 6.62. The Labute approximate surface area is 92.5 Å². The molecule has 86 valence electrons. The van der Waals surface area contributed by atoms with E-state index < -0.39 is 0 Å². The Morgan fingerprint density at radius 1 is 1.67 bits per heavy atom. The molecule has 0 aromatic heterocycles. The highest BCUT2D eigenvalue weighted by Crippen LogP contribution is 2.10. The predicted molar refractivity (Wildman–Crippen MR) is 62.7 cm³/mol. The Morgan fingerprint density at radius 2 is 2.47 bits per heavy atom. The van der Waals surface area contributed by atoms with Crippen LogP contribution in [0.5, 0.6) is 0 Å². The van der Waals surface area contributed by atoms with Crippen LogP contribution in [0.3, 0.4) is 0 Å². The molecule has 15 heavy (non-hydrogen) atoms. The van der Waals surface area contributed by atoms with Crippen LogP contribution in [0.1, 0.15) is 32.6 Å². The average molecular weight is 210 g/mol. The topological polar surface area (TPSA) is 32.3 Å². The van der Waals surface area contributed by atoms with E-state index in [1.165, 1.54) is 6.42 Å². The first kappa shape index (κ1) is 12.2. The van der Waals surface area contributed by atoms with Crippen LogP contribution in [0.4, 0.5) is 0 Å². The van der Waals surface area contributed by atoms with Crippen molar-refractivity contribution in [2.45, 2.75) is 38.6 Å². The van der Waals surface area contributed by atoms with E-state index in [1.807, 2.05) is 4.90 Å². The van der Waals surface area contributed by atoms with Crippen molar-refractivity contribution in [2.24, 2.45) is 0 Å². The van der Waals surface area contributed by atoms with Gasteiger partial charge in [-0.1, -0.05) is 13.0 Å².